The third-order valence-electron chi connectivity index (χ3n) is 6.80. The predicted octanol–water partition coefficient (Wildman–Crippen LogP) is 2.20. The Morgan fingerprint density at radius 1 is 1.23 bits per heavy atom. The molecule has 1 aliphatic heterocycles. The number of rotatable bonds is 5. The van der Waals surface area contributed by atoms with E-state index in [0.717, 1.165) is 19.3 Å². The smallest absolute Gasteiger partial charge is 0.342 e. The van der Waals surface area contributed by atoms with Crippen LogP contribution in [0.1, 0.15) is 46.0 Å². The third kappa shape index (κ3) is 2.45. The van der Waals surface area contributed by atoms with Gasteiger partial charge in [0.1, 0.15) is 18.0 Å². The predicted molar refractivity (Wildman–Crippen MR) is 91.0 cm³/mol. The van der Waals surface area contributed by atoms with Crippen molar-refractivity contribution in [3.05, 3.63) is 12.2 Å². The van der Waals surface area contributed by atoms with E-state index in [1.54, 1.807) is 6.92 Å². The largest absolute Gasteiger partial charge is 0.459 e. The number of esters is 2. The van der Waals surface area contributed by atoms with Crippen molar-refractivity contribution < 1.29 is 28.6 Å². The van der Waals surface area contributed by atoms with E-state index in [1.807, 2.05) is 6.92 Å². The van der Waals surface area contributed by atoms with Gasteiger partial charge in [0.25, 0.3) is 0 Å². The molecule has 0 aromatic heterocycles. The van der Waals surface area contributed by atoms with Crippen LogP contribution in [0.4, 0.5) is 0 Å². The van der Waals surface area contributed by atoms with Gasteiger partial charge in [-0.2, -0.15) is 0 Å². The SMILES string of the molecule is C=C(C)C(=O)OC1C2CC3COC1(C(=O)OC1CC(=O)CC1CC)C3C2. The molecule has 3 saturated carbocycles. The summed E-state index contributed by atoms with van der Waals surface area (Å²) in [5.41, 5.74) is -0.902. The van der Waals surface area contributed by atoms with Gasteiger partial charge < -0.3 is 14.2 Å². The lowest BCUT2D eigenvalue weighted by molar-refractivity contribution is -0.196. The second kappa shape index (κ2) is 6.19. The van der Waals surface area contributed by atoms with E-state index in [1.165, 1.54) is 0 Å². The van der Waals surface area contributed by atoms with Crippen molar-refractivity contribution in [3.8, 4) is 0 Å². The van der Waals surface area contributed by atoms with Crippen molar-refractivity contribution in [2.75, 3.05) is 6.61 Å². The number of hydrogen-bond donors (Lipinski definition) is 0. The first-order chi connectivity index (χ1) is 12.4. The minimum Gasteiger partial charge on any atom is -0.459 e. The maximum atomic E-state index is 13.2. The van der Waals surface area contributed by atoms with E-state index in [4.69, 9.17) is 14.2 Å². The van der Waals surface area contributed by atoms with Crippen LogP contribution in [0.15, 0.2) is 12.2 Å². The van der Waals surface area contributed by atoms with Gasteiger partial charge in [0, 0.05) is 36.2 Å². The van der Waals surface area contributed by atoms with E-state index >= 15 is 0 Å². The van der Waals surface area contributed by atoms with Crippen molar-refractivity contribution in [3.63, 3.8) is 0 Å². The van der Waals surface area contributed by atoms with E-state index in [2.05, 4.69) is 6.58 Å². The summed E-state index contributed by atoms with van der Waals surface area (Å²) in [5.74, 6) is -0.283. The van der Waals surface area contributed by atoms with E-state index in [-0.39, 0.29) is 30.0 Å². The molecule has 0 amide bonds. The van der Waals surface area contributed by atoms with Crippen LogP contribution in [-0.2, 0) is 28.6 Å². The molecule has 26 heavy (non-hydrogen) atoms. The zero-order valence-corrected chi connectivity index (χ0v) is 15.4. The Bertz CT molecular complexity index is 669. The van der Waals surface area contributed by atoms with Gasteiger partial charge in [-0.3, -0.25) is 4.79 Å². The summed E-state index contributed by atoms with van der Waals surface area (Å²) < 4.78 is 17.5. The number of carbonyl (C=O) groups is 3. The van der Waals surface area contributed by atoms with Crippen LogP contribution in [0, 0.1) is 23.7 Å². The molecule has 0 aromatic rings. The molecule has 0 aromatic carbocycles. The monoisotopic (exact) mass is 362 g/mol. The lowest BCUT2D eigenvalue weighted by Crippen LogP contribution is -2.56. The molecule has 142 valence electrons. The topological polar surface area (TPSA) is 78.9 Å². The number of fused-ring (bicyclic) bond motifs is 1. The molecule has 4 fully saturated rings. The van der Waals surface area contributed by atoms with Crippen LogP contribution in [-0.4, -0.2) is 42.1 Å². The fourth-order valence-electron chi connectivity index (χ4n) is 5.52. The molecule has 7 unspecified atom stereocenters. The molecule has 7 atom stereocenters. The molecular formula is C20H26O6. The molecule has 0 radical (unpaired) electrons. The fourth-order valence-corrected chi connectivity index (χ4v) is 5.52. The maximum absolute atomic E-state index is 13.2. The molecule has 3 aliphatic carbocycles. The zero-order valence-electron chi connectivity index (χ0n) is 15.4. The van der Waals surface area contributed by atoms with Gasteiger partial charge in [-0.05, 0) is 32.1 Å². The molecule has 1 heterocycles. The minimum atomic E-state index is -1.21. The van der Waals surface area contributed by atoms with Crippen LogP contribution < -0.4 is 0 Å². The number of ketones is 1. The molecule has 2 bridgehead atoms. The lowest BCUT2D eigenvalue weighted by atomic mass is 9.78. The number of hydrogen-bond acceptors (Lipinski definition) is 6. The Morgan fingerprint density at radius 2 is 2.00 bits per heavy atom. The Labute approximate surface area is 153 Å². The highest BCUT2D eigenvalue weighted by Crippen LogP contribution is 2.61. The summed E-state index contributed by atoms with van der Waals surface area (Å²) in [6.45, 7) is 7.72. The number of Topliss-reactive ketones (excluding diaryl/α,β-unsaturated/α-hetero) is 1. The summed E-state index contributed by atoms with van der Waals surface area (Å²) in [7, 11) is 0. The van der Waals surface area contributed by atoms with Gasteiger partial charge in [-0.1, -0.05) is 13.5 Å². The summed E-state index contributed by atoms with van der Waals surface area (Å²) in [6.07, 6.45) is 2.23. The van der Waals surface area contributed by atoms with Crippen molar-refractivity contribution in [2.24, 2.45) is 23.7 Å². The highest BCUT2D eigenvalue weighted by atomic mass is 16.6. The van der Waals surface area contributed by atoms with Crippen LogP contribution in [0.2, 0.25) is 0 Å². The van der Waals surface area contributed by atoms with Crippen molar-refractivity contribution in [2.45, 2.75) is 63.8 Å². The second-order valence-electron chi connectivity index (χ2n) is 8.37. The van der Waals surface area contributed by atoms with Crippen LogP contribution in [0.25, 0.3) is 0 Å². The van der Waals surface area contributed by atoms with Gasteiger partial charge in [-0.25, -0.2) is 9.59 Å². The van der Waals surface area contributed by atoms with E-state index in [9.17, 15) is 14.4 Å². The highest BCUT2D eigenvalue weighted by Gasteiger charge is 2.73. The van der Waals surface area contributed by atoms with Crippen molar-refractivity contribution >= 4 is 17.7 Å². The van der Waals surface area contributed by atoms with Gasteiger partial charge in [0.05, 0.1) is 6.61 Å². The van der Waals surface area contributed by atoms with E-state index in [0.29, 0.717) is 24.5 Å². The van der Waals surface area contributed by atoms with Crippen LogP contribution in [0.5, 0.6) is 0 Å². The molecular weight excluding hydrogens is 336 g/mol. The molecule has 4 rings (SSSR count). The average Bonchev–Trinajstić information content (AvgIpc) is 3.28. The summed E-state index contributed by atoms with van der Waals surface area (Å²) in [6, 6.07) is 0. The fraction of sp³-hybridized carbons (Fsp3) is 0.750. The standard InChI is InChI=1S/C20H26O6/c1-4-11-6-14(21)8-16(11)25-19(23)20-15-7-12(5-13(15)9-24-20)17(20)26-18(22)10(2)3/h11-13,15-17H,2,4-9H2,1,3H3. The maximum Gasteiger partial charge on any atom is 0.342 e. The zero-order chi connectivity index (χ0) is 18.6. The first kappa shape index (κ1) is 17.7. The van der Waals surface area contributed by atoms with Gasteiger partial charge in [0.15, 0.2) is 0 Å². The summed E-state index contributed by atoms with van der Waals surface area (Å²) in [4.78, 5) is 37.1. The molecule has 0 spiro atoms. The number of carbonyl (C=O) groups excluding carboxylic acids is 3. The molecule has 4 aliphatic rings. The Morgan fingerprint density at radius 3 is 2.69 bits per heavy atom. The van der Waals surface area contributed by atoms with Gasteiger partial charge >= 0.3 is 11.9 Å². The third-order valence-corrected chi connectivity index (χ3v) is 6.80. The molecule has 6 heteroatoms. The van der Waals surface area contributed by atoms with Crippen molar-refractivity contribution in [1.29, 1.82) is 0 Å². The number of ether oxygens (including phenoxy) is 3. The van der Waals surface area contributed by atoms with Gasteiger partial charge in [0.2, 0.25) is 5.60 Å². The molecule has 1 saturated heterocycles. The minimum absolute atomic E-state index is 0.0279. The highest BCUT2D eigenvalue weighted by molar-refractivity contribution is 5.89. The first-order valence-corrected chi connectivity index (χ1v) is 9.60. The van der Waals surface area contributed by atoms with Crippen molar-refractivity contribution in [1.82, 2.24) is 0 Å². The first-order valence-electron chi connectivity index (χ1n) is 9.60. The lowest BCUT2D eigenvalue weighted by Gasteiger charge is -2.37. The Hall–Kier alpha value is -1.69. The van der Waals surface area contributed by atoms with E-state index < -0.39 is 29.7 Å². The average molecular weight is 362 g/mol. The Kier molecular flexibility index (Phi) is 4.21. The second-order valence-corrected chi connectivity index (χ2v) is 8.37. The quantitative estimate of drug-likeness (QED) is 0.551. The summed E-state index contributed by atoms with van der Waals surface area (Å²) >= 11 is 0. The van der Waals surface area contributed by atoms with Crippen LogP contribution >= 0.6 is 0 Å². The Balaban J connectivity index is 1.57. The molecule has 0 N–H and O–H groups in total. The summed E-state index contributed by atoms with van der Waals surface area (Å²) in [5, 5.41) is 0. The normalized spacial score (nSPS) is 42.9. The van der Waals surface area contributed by atoms with Crippen LogP contribution in [0.3, 0.4) is 0 Å². The molecule has 6 nitrogen and oxygen atoms in total. The van der Waals surface area contributed by atoms with Gasteiger partial charge in [-0.15, -0.1) is 0 Å².